The highest BCUT2D eigenvalue weighted by Gasteiger charge is 2.50. The zero-order valence-electron chi connectivity index (χ0n) is 25.5. The summed E-state index contributed by atoms with van der Waals surface area (Å²) in [7, 11) is -0.722. The molecule has 0 spiro atoms. The smallest absolute Gasteiger partial charge is 0.471 e. The van der Waals surface area contributed by atoms with Crippen molar-refractivity contribution in [3.63, 3.8) is 0 Å². The lowest BCUT2D eigenvalue weighted by Crippen LogP contribution is -2.58. The van der Waals surface area contributed by atoms with Gasteiger partial charge in [-0.15, -0.1) is 6.58 Å². The third-order valence-corrected chi connectivity index (χ3v) is 14.0. The number of carbonyl (C=O) groups excluding carboxylic acids is 1. The molecule has 0 radical (unpaired) electrons. The molecule has 0 unspecified atom stereocenters. The Labute approximate surface area is 244 Å². The van der Waals surface area contributed by atoms with Gasteiger partial charge in [-0.25, -0.2) is 0 Å². The number of halogens is 3. The Morgan fingerprint density at radius 2 is 1.51 bits per heavy atom. The van der Waals surface area contributed by atoms with E-state index in [1.54, 1.807) is 0 Å². The van der Waals surface area contributed by atoms with Crippen LogP contribution in [-0.4, -0.2) is 46.3 Å². The number of methoxy groups -OCH3 is 1. The number of hydrogen-bond acceptors (Lipinski definition) is 4. The summed E-state index contributed by atoms with van der Waals surface area (Å²) >= 11 is 0. The summed E-state index contributed by atoms with van der Waals surface area (Å²) in [5, 5.41) is 0. The summed E-state index contributed by atoms with van der Waals surface area (Å²) in [5.74, 6) is -1.52. The highest BCUT2D eigenvalue weighted by molar-refractivity contribution is 6.77. The third kappa shape index (κ3) is 8.46. The van der Waals surface area contributed by atoms with Crippen molar-refractivity contribution in [2.24, 2.45) is 0 Å². The van der Waals surface area contributed by atoms with Gasteiger partial charge in [-0.05, 0) is 59.3 Å². The number of ether oxygens (including phenoxy) is 2. The van der Waals surface area contributed by atoms with Gasteiger partial charge in [0.15, 0.2) is 8.32 Å². The van der Waals surface area contributed by atoms with Crippen molar-refractivity contribution in [3.05, 3.63) is 72.8 Å². The van der Waals surface area contributed by atoms with E-state index in [0.717, 1.165) is 10.5 Å². The standard InChI is InChI=1S/C32H46F3NO4Si/c1-9-31(23-39-22-27-14-11-10-12-15-27,20-13-21-40-41(24(2)3,25(4)5)26(6)7)36(30(37)32(33,34)35)28-16-18-29(38-8)19-17-28/h9-12,14-19,24-26H,1,13,20-23H2,2-8H3/t31-/m1/s1. The van der Waals surface area contributed by atoms with Crippen molar-refractivity contribution < 1.29 is 31.9 Å². The highest BCUT2D eigenvalue weighted by Crippen LogP contribution is 2.43. The summed E-state index contributed by atoms with van der Waals surface area (Å²) in [4.78, 5) is 13.8. The van der Waals surface area contributed by atoms with Gasteiger partial charge in [-0.3, -0.25) is 9.69 Å². The van der Waals surface area contributed by atoms with Crippen LogP contribution in [-0.2, 0) is 20.6 Å². The Morgan fingerprint density at radius 3 is 1.98 bits per heavy atom. The van der Waals surface area contributed by atoms with Gasteiger partial charge in [0.1, 0.15) is 5.75 Å². The van der Waals surface area contributed by atoms with Crippen molar-refractivity contribution in [1.82, 2.24) is 0 Å². The molecule has 1 atom stereocenters. The molecule has 0 heterocycles. The lowest BCUT2D eigenvalue weighted by Gasteiger charge is -2.44. The predicted octanol–water partition coefficient (Wildman–Crippen LogP) is 8.70. The van der Waals surface area contributed by atoms with Gasteiger partial charge in [-0.1, -0.05) is 78.0 Å². The van der Waals surface area contributed by atoms with Crippen LogP contribution in [0.5, 0.6) is 5.75 Å². The van der Waals surface area contributed by atoms with Crippen LogP contribution in [0.25, 0.3) is 0 Å². The van der Waals surface area contributed by atoms with E-state index in [9.17, 15) is 18.0 Å². The Hall–Kier alpha value is -2.62. The fourth-order valence-corrected chi connectivity index (χ4v) is 11.5. The largest absolute Gasteiger partial charge is 0.497 e. The molecule has 0 fully saturated rings. The Kier molecular flexibility index (Phi) is 12.7. The maximum atomic E-state index is 14.1. The van der Waals surface area contributed by atoms with Crippen molar-refractivity contribution in [1.29, 1.82) is 0 Å². The molecule has 2 aromatic rings. The number of benzene rings is 2. The minimum atomic E-state index is -5.11. The molecule has 2 rings (SSSR count). The second-order valence-electron chi connectivity index (χ2n) is 11.4. The summed E-state index contributed by atoms with van der Waals surface area (Å²) < 4.78 is 60.1. The number of anilines is 1. The Bertz CT molecular complexity index is 1070. The maximum absolute atomic E-state index is 14.1. The summed E-state index contributed by atoms with van der Waals surface area (Å²) in [6.45, 7) is 17.4. The minimum absolute atomic E-state index is 0.0764. The molecule has 41 heavy (non-hydrogen) atoms. The topological polar surface area (TPSA) is 48.0 Å². The second-order valence-corrected chi connectivity index (χ2v) is 16.9. The number of carbonyl (C=O) groups is 1. The van der Waals surface area contributed by atoms with E-state index in [1.807, 2.05) is 30.3 Å². The molecule has 0 aliphatic rings. The summed E-state index contributed by atoms with van der Waals surface area (Å²) in [6, 6.07) is 15.3. The zero-order valence-corrected chi connectivity index (χ0v) is 26.5. The molecule has 0 aliphatic carbocycles. The van der Waals surface area contributed by atoms with E-state index in [0.29, 0.717) is 35.4 Å². The molecular weight excluding hydrogens is 547 g/mol. The molecule has 5 nitrogen and oxygen atoms in total. The van der Waals surface area contributed by atoms with Crippen LogP contribution >= 0.6 is 0 Å². The normalized spacial score (nSPS) is 13.9. The van der Waals surface area contributed by atoms with Gasteiger partial charge < -0.3 is 13.9 Å². The average Bonchev–Trinajstić information content (AvgIpc) is 2.92. The van der Waals surface area contributed by atoms with Crippen LogP contribution in [0.1, 0.15) is 59.9 Å². The SMILES string of the molecule is C=C[C@@](CCCO[Si](C(C)C)(C(C)C)C(C)C)(COCc1ccccc1)N(C(=O)C(F)(F)F)c1ccc(OC)cc1. The Balaban J connectivity index is 2.47. The molecule has 0 N–H and O–H groups in total. The maximum Gasteiger partial charge on any atom is 0.471 e. The third-order valence-electron chi connectivity index (χ3n) is 7.88. The molecule has 0 aromatic heterocycles. The highest BCUT2D eigenvalue weighted by atomic mass is 28.4. The number of hydrogen-bond donors (Lipinski definition) is 0. The Morgan fingerprint density at radius 1 is 0.951 bits per heavy atom. The number of amides is 1. The van der Waals surface area contributed by atoms with Crippen LogP contribution in [0.15, 0.2) is 67.3 Å². The van der Waals surface area contributed by atoms with Gasteiger partial charge in [0.05, 0.1) is 25.9 Å². The molecule has 9 heteroatoms. The second kappa shape index (κ2) is 15.0. The summed E-state index contributed by atoms with van der Waals surface area (Å²) in [5.41, 5.74) is 0.549. The van der Waals surface area contributed by atoms with Crippen molar-refractivity contribution in [2.45, 2.75) is 89.3 Å². The zero-order chi connectivity index (χ0) is 30.8. The van der Waals surface area contributed by atoms with E-state index < -0.39 is 25.9 Å². The van der Waals surface area contributed by atoms with Gasteiger partial charge in [0.2, 0.25) is 0 Å². The van der Waals surface area contributed by atoms with Crippen molar-refractivity contribution in [2.75, 3.05) is 25.2 Å². The van der Waals surface area contributed by atoms with Crippen LogP contribution in [0.3, 0.4) is 0 Å². The van der Waals surface area contributed by atoms with E-state index in [2.05, 4.69) is 48.1 Å². The fourth-order valence-electron chi connectivity index (χ4n) is 5.98. The molecule has 1 amide bonds. The molecule has 0 bridgehead atoms. The first-order valence-electron chi connectivity index (χ1n) is 14.2. The predicted molar refractivity (Wildman–Crippen MR) is 162 cm³/mol. The molecule has 228 valence electrons. The van der Waals surface area contributed by atoms with Gasteiger partial charge in [-0.2, -0.15) is 13.2 Å². The van der Waals surface area contributed by atoms with E-state index in [-0.39, 0.29) is 25.3 Å². The van der Waals surface area contributed by atoms with Crippen LogP contribution < -0.4 is 9.64 Å². The van der Waals surface area contributed by atoms with E-state index in [1.165, 1.54) is 37.5 Å². The summed E-state index contributed by atoms with van der Waals surface area (Å²) in [6.07, 6.45) is -3.12. The quantitative estimate of drug-likeness (QED) is 0.111. The van der Waals surface area contributed by atoms with E-state index >= 15 is 0 Å². The number of rotatable bonds is 16. The molecular formula is C32H46F3NO4Si. The van der Waals surface area contributed by atoms with Crippen LogP contribution in [0.4, 0.5) is 18.9 Å². The first-order chi connectivity index (χ1) is 19.2. The first-order valence-corrected chi connectivity index (χ1v) is 16.3. The van der Waals surface area contributed by atoms with Crippen molar-refractivity contribution in [3.8, 4) is 5.75 Å². The number of alkyl halides is 3. The molecule has 2 aromatic carbocycles. The molecule has 0 aliphatic heterocycles. The fraction of sp³-hybridized carbons (Fsp3) is 0.531. The van der Waals surface area contributed by atoms with E-state index in [4.69, 9.17) is 13.9 Å². The molecule has 0 saturated heterocycles. The first kappa shape index (κ1) is 34.6. The lowest BCUT2D eigenvalue weighted by atomic mass is 9.90. The van der Waals surface area contributed by atoms with Gasteiger partial charge >= 0.3 is 12.1 Å². The van der Waals surface area contributed by atoms with Gasteiger partial charge in [0.25, 0.3) is 0 Å². The monoisotopic (exact) mass is 593 g/mol. The average molecular weight is 594 g/mol. The van der Waals surface area contributed by atoms with Gasteiger partial charge in [0, 0.05) is 12.3 Å². The van der Waals surface area contributed by atoms with Crippen LogP contribution in [0.2, 0.25) is 16.6 Å². The lowest BCUT2D eigenvalue weighted by molar-refractivity contribution is -0.172. The van der Waals surface area contributed by atoms with Crippen LogP contribution in [0, 0.1) is 0 Å². The minimum Gasteiger partial charge on any atom is -0.497 e. The number of nitrogens with zero attached hydrogens (tertiary/aromatic N) is 1. The molecule has 0 saturated carbocycles. The van der Waals surface area contributed by atoms with Crippen molar-refractivity contribution >= 4 is 19.9 Å².